The topological polar surface area (TPSA) is 50.4 Å². The van der Waals surface area contributed by atoms with Gasteiger partial charge in [-0.25, -0.2) is 0 Å². The monoisotopic (exact) mass is 254 g/mol. The molecule has 0 spiro atoms. The predicted molar refractivity (Wildman–Crippen MR) is 71.3 cm³/mol. The molecule has 0 aromatic rings. The number of carbonyl (C=O) groups excluding carboxylic acids is 1. The Bertz CT molecular complexity index is 308. The second-order valence-electron chi connectivity index (χ2n) is 5.93. The van der Waals surface area contributed by atoms with Crippen LogP contribution in [0.15, 0.2) is 0 Å². The van der Waals surface area contributed by atoms with Gasteiger partial charge in [-0.1, -0.05) is 6.92 Å². The van der Waals surface area contributed by atoms with Crippen LogP contribution >= 0.6 is 0 Å². The Hall–Kier alpha value is -0.610. The minimum absolute atomic E-state index is 0.00544. The van der Waals surface area contributed by atoms with Gasteiger partial charge in [0.25, 0.3) is 0 Å². The van der Waals surface area contributed by atoms with Crippen LogP contribution in [0, 0.1) is 11.8 Å². The molecule has 104 valence electrons. The van der Waals surface area contributed by atoms with Crippen LogP contribution in [0.2, 0.25) is 0 Å². The number of hydrogen-bond donors (Lipinski definition) is 2. The third kappa shape index (κ3) is 2.69. The molecule has 0 aliphatic carbocycles. The van der Waals surface area contributed by atoms with Crippen molar-refractivity contribution in [1.82, 2.24) is 10.6 Å². The molecule has 1 amide bonds. The van der Waals surface area contributed by atoms with Gasteiger partial charge in [0.15, 0.2) is 0 Å². The third-order valence-corrected chi connectivity index (χ3v) is 4.63. The molecule has 0 bridgehead atoms. The van der Waals surface area contributed by atoms with Crippen molar-refractivity contribution in [2.24, 2.45) is 11.8 Å². The molecule has 2 rings (SSSR count). The second kappa shape index (κ2) is 5.57. The van der Waals surface area contributed by atoms with Crippen molar-refractivity contribution in [3.8, 4) is 0 Å². The molecule has 18 heavy (non-hydrogen) atoms. The highest BCUT2D eigenvalue weighted by atomic mass is 16.5. The average Bonchev–Trinajstić information content (AvgIpc) is 2.56. The summed E-state index contributed by atoms with van der Waals surface area (Å²) in [7, 11) is 0. The zero-order valence-electron chi connectivity index (χ0n) is 11.9. The molecule has 4 heteroatoms. The Kier molecular flexibility index (Phi) is 4.28. The van der Waals surface area contributed by atoms with Gasteiger partial charge in [0.1, 0.15) is 0 Å². The summed E-state index contributed by atoms with van der Waals surface area (Å²) < 4.78 is 5.75. The van der Waals surface area contributed by atoms with Gasteiger partial charge in [0, 0.05) is 12.1 Å². The Morgan fingerprint density at radius 3 is 2.50 bits per heavy atom. The van der Waals surface area contributed by atoms with Crippen molar-refractivity contribution in [1.29, 1.82) is 0 Å². The number of piperidine rings is 1. The van der Waals surface area contributed by atoms with Crippen molar-refractivity contribution < 1.29 is 9.53 Å². The zero-order valence-corrected chi connectivity index (χ0v) is 11.9. The van der Waals surface area contributed by atoms with Crippen LogP contribution in [0.1, 0.15) is 40.5 Å². The van der Waals surface area contributed by atoms with Crippen LogP contribution in [0.5, 0.6) is 0 Å². The highest BCUT2D eigenvalue weighted by Crippen LogP contribution is 2.32. The van der Waals surface area contributed by atoms with E-state index in [1.165, 1.54) is 0 Å². The first-order chi connectivity index (χ1) is 8.50. The number of carbonyl (C=O) groups is 1. The maximum Gasteiger partial charge on any atom is 0.226 e. The van der Waals surface area contributed by atoms with E-state index >= 15 is 0 Å². The number of nitrogens with one attached hydrogen (secondary N) is 2. The Morgan fingerprint density at radius 1 is 1.22 bits per heavy atom. The Labute approximate surface area is 110 Å². The van der Waals surface area contributed by atoms with E-state index in [9.17, 15) is 4.79 Å². The molecule has 2 fully saturated rings. The smallest absolute Gasteiger partial charge is 0.226 e. The van der Waals surface area contributed by atoms with Gasteiger partial charge in [0.05, 0.1) is 18.1 Å². The predicted octanol–water partition coefficient (Wildman–Crippen LogP) is 1.30. The first-order valence-corrected chi connectivity index (χ1v) is 7.20. The molecule has 2 heterocycles. The number of ether oxygens (including phenoxy) is 1. The molecule has 0 aromatic heterocycles. The fraction of sp³-hybridized carbons (Fsp3) is 0.929. The summed E-state index contributed by atoms with van der Waals surface area (Å²) >= 11 is 0. The van der Waals surface area contributed by atoms with Crippen LogP contribution in [0.25, 0.3) is 0 Å². The second-order valence-corrected chi connectivity index (χ2v) is 5.93. The molecule has 2 aliphatic heterocycles. The van der Waals surface area contributed by atoms with Crippen molar-refractivity contribution >= 4 is 5.91 Å². The lowest BCUT2D eigenvalue weighted by Gasteiger charge is -2.32. The van der Waals surface area contributed by atoms with E-state index in [0.717, 1.165) is 19.4 Å². The van der Waals surface area contributed by atoms with Crippen molar-refractivity contribution in [3.05, 3.63) is 0 Å². The lowest BCUT2D eigenvalue weighted by atomic mass is 9.88. The van der Waals surface area contributed by atoms with E-state index in [1.54, 1.807) is 0 Å². The minimum Gasteiger partial charge on any atom is -0.374 e. The number of rotatable bonds is 2. The number of amides is 1. The summed E-state index contributed by atoms with van der Waals surface area (Å²) in [6, 6.07) is 0.634. The van der Waals surface area contributed by atoms with E-state index < -0.39 is 0 Å². The fourth-order valence-electron chi connectivity index (χ4n) is 3.24. The molecule has 2 saturated heterocycles. The van der Waals surface area contributed by atoms with Gasteiger partial charge < -0.3 is 15.4 Å². The largest absolute Gasteiger partial charge is 0.374 e. The quantitative estimate of drug-likeness (QED) is 0.781. The lowest BCUT2D eigenvalue weighted by Crippen LogP contribution is -2.54. The fourth-order valence-corrected chi connectivity index (χ4v) is 3.24. The van der Waals surface area contributed by atoms with Gasteiger partial charge >= 0.3 is 0 Å². The minimum atomic E-state index is -0.00544. The molecule has 6 unspecified atom stereocenters. The summed E-state index contributed by atoms with van der Waals surface area (Å²) in [6.07, 6.45) is 2.42. The van der Waals surface area contributed by atoms with Crippen LogP contribution in [0.3, 0.4) is 0 Å². The Balaban J connectivity index is 1.95. The molecular weight excluding hydrogens is 228 g/mol. The first kappa shape index (κ1) is 13.8. The van der Waals surface area contributed by atoms with E-state index in [0.29, 0.717) is 12.0 Å². The Morgan fingerprint density at radius 2 is 1.94 bits per heavy atom. The standard InChI is InChI=1S/C14H26N2O2/c1-8-10(3)18-11(4)13(8)14(17)16-12-6-5-7-15-9(12)2/h8-13,15H,5-7H2,1-4H3,(H,16,17). The SMILES string of the molecule is CC1NCCCC1NC(=O)C1C(C)OC(C)C1C. The molecule has 0 saturated carbocycles. The summed E-state index contributed by atoms with van der Waals surface area (Å²) in [5.74, 6) is 0.459. The van der Waals surface area contributed by atoms with Gasteiger partial charge in [-0.15, -0.1) is 0 Å². The van der Waals surface area contributed by atoms with Gasteiger partial charge in [-0.2, -0.15) is 0 Å². The lowest BCUT2D eigenvalue weighted by molar-refractivity contribution is -0.128. The normalized spacial score (nSPS) is 44.9. The van der Waals surface area contributed by atoms with Gasteiger partial charge in [-0.05, 0) is 46.1 Å². The third-order valence-electron chi connectivity index (χ3n) is 4.63. The highest BCUT2D eigenvalue weighted by Gasteiger charge is 2.42. The van der Waals surface area contributed by atoms with Crippen molar-refractivity contribution in [2.75, 3.05) is 6.54 Å². The molecule has 4 nitrogen and oxygen atoms in total. The maximum atomic E-state index is 12.4. The van der Waals surface area contributed by atoms with Crippen molar-refractivity contribution in [2.45, 2.75) is 64.8 Å². The summed E-state index contributed by atoms with van der Waals surface area (Å²) in [5, 5.41) is 6.62. The van der Waals surface area contributed by atoms with E-state index in [4.69, 9.17) is 4.74 Å². The number of hydrogen-bond acceptors (Lipinski definition) is 3. The molecule has 0 radical (unpaired) electrons. The molecular formula is C14H26N2O2. The summed E-state index contributed by atoms with van der Waals surface area (Å²) in [6.45, 7) is 9.38. The van der Waals surface area contributed by atoms with Gasteiger partial charge in [0.2, 0.25) is 5.91 Å². The highest BCUT2D eigenvalue weighted by molar-refractivity contribution is 5.80. The molecule has 6 atom stereocenters. The summed E-state index contributed by atoms with van der Waals surface area (Å²) in [5.41, 5.74) is 0. The maximum absolute atomic E-state index is 12.4. The van der Waals surface area contributed by atoms with Gasteiger partial charge in [-0.3, -0.25) is 4.79 Å². The van der Waals surface area contributed by atoms with Crippen molar-refractivity contribution in [3.63, 3.8) is 0 Å². The zero-order chi connectivity index (χ0) is 13.3. The van der Waals surface area contributed by atoms with Crippen LogP contribution in [0.4, 0.5) is 0 Å². The molecule has 2 aliphatic rings. The summed E-state index contributed by atoms with van der Waals surface area (Å²) in [4.78, 5) is 12.4. The van der Waals surface area contributed by atoms with E-state index in [-0.39, 0.29) is 30.1 Å². The van der Waals surface area contributed by atoms with E-state index in [2.05, 4.69) is 31.4 Å². The van der Waals surface area contributed by atoms with Crippen LogP contribution in [-0.2, 0) is 9.53 Å². The van der Waals surface area contributed by atoms with E-state index in [1.807, 2.05) is 6.92 Å². The van der Waals surface area contributed by atoms with Crippen LogP contribution < -0.4 is 10.6 Å². The average molecular weight is 254 g/mol. The van der Waals surface area contributed by atoms with Crippen LogP contribution in [-0.4, -0.2) is 36.7 Å². The molecule has 2 N–H and O–H groups in total. The first-order valence-electron chi connectivity index (χ1n) is 7.20. The molecule has 0 aromatic carbocycles.